The van der Waals surface area contributed by atoms with Gasteiger partial charge in [-0.15, -0.1) is 0 Å². The van der Waals surface area contributed by atoms with Crippen LogP contribution in [0.15, 0.2) is 42.5 Å². The van der Waals surface area contributed by atoms with Gasteiger partial charge in [0.15, 0.2) is 5.13 Å². The minimum atomic E-state index is -0.291. The molecule has 0 bridgehead atoms. The van der Waals surface area contributed by atoms with E-state index in [2.05, 4.69) is 15.6 Å². The quantitative estimate of drug-likeness (QED) is 0.761. The van der Waals surface area contributed by atoms with E-state index in [0.717, 1.165) is 4.70 Å². The molecule has 0 saturated carbocycles. The second kappa shape index (κ2) is 6.67. The van der Waals surface area contributed by atoms with Gasteiger partial charge in [0.05, 0.1) is 11.8 Å². The van der Waals surface area contributed by atoms with Crippen molar-refractivity contribution < 1.29 is 14.3 Å². The molecule has 0 saturated heterocycles. The number of rotatable bonds is 4. The molecule has 2 amide bonds. The molecular formula is C17H15N3O3S. The van der Waals surface area contributed by atoms with E-state index in [0.29, 0.717) is 27.6 Å². The van der Waals surface area contributed by atoms with E-state index in [4.69, 9.17) is 4.74 Å². The molecule has 24 heavy (non-hydrogen) atoms. The van der Waals surface area contributed by atoms with Gasteiger partial charge >= 0.3 is 0 Å². The molecule has 0 aliphatic heterocycles. The average molecular weight is 341 g/mol. The van der Waals surface area contributed by atoms with Crippen molar-refractivity contribution in [2.45, 2.75) is 6.92 Å². The number of nitrogens with one attached hydrogen (secondary N) is 2. The van der Waals surface area contributed by atoms with E-state index >= 15 is 0 Å². The topological polar surface area (TPSA) is 80.3 Å². The first-order valence-corrected chi connectivity index (χ1v) is 8.01. The Kier molecular flexibility index (Phi) is 4.43. The van der Waals surface area contributed by atoms with Crippen molar-refractivity contribution in [2.24, 2.45) is 0 Å². The van der Waals surface area contributed by atoms with E-state index in [9.17, 15) is 9.59 Å². The molecule has 7 heteroatoms. The van der Waals surface area contributed by atoms with Crippen LogP contribution in [-0.2, 0) is 4.79 Å². The van der Waals surface area contributed by atoms with Gasteiger partial charge in [-0.05, 0) is 30.3 Å². The van der Waals surface area contributed by atoms with Gasteiger partial charge < -0.3 is 10.1 Å². The lowest BCUT2D eigenvalue weighted by Crippen LogP contribution is -2.13. The van der Waals surface area contributed by atoms with Gasteiger partial charge in [0.25, 0.3) is 5.91 Å². The van der Waals surface area contributed by atoms with Crippen molar-refractivity contribution >= 4 is 44.2 Å². The number of methoxy groups -OCH3 is 1. The van der Waals surface area contributed by atoms with Gasteiger partial charge in [-0.1, -0.05) is 23.5 Å². The number of fused-ring (bicyclic) bond motifs is 1. The smallest absolute Gasteiger partial charge is 0.257 e. The molecule has 2 N–H and O–H groups in total. The van der Waals surface area contributed by atoms with Gasteiger partial charge in [-0.25, -0.2) is 4.98 Å². The molecule has 3 rings (SSSR count). The Balaban J connectivity index is 1.83. The molecule has 122 valence electrons. The predicted molar refractivity (Wildman–Crippen MR) is 94.9 cm³/mol. The molecule has 1 heterocycles. The van der Waals surface area contributed by atoms with Gasteiger partial charge in [0, 0.05) is 18.2 Å². The van der Waals surface area contributed by atoms with Gasteiger partial charge in [0.2, 0.25) is 5.91 Å². The summed E-state index contributed by atoms with van der Waals surface area (Å²) in [6.45, 7) is 1.42. The first-order valence-electron chi connectivity index (χ1n) is 7.19. The number of ether oxygens (including phenoxy) is 1. The zero-order valence-corrected chi connectivity index (χ0v) is 13.9. The van der Waals surface area contributed by atoms with Crippen LogP contribution in [0.5, 0.6) is 5.75 Å². The summed E-state index contributed by atoms with van der Waals surface area (Å²) in [7, 11) is 1.58. The lowest BCUT2D eigenvalue weighted by atomic mass is 10.2. The molecule has 0 spiro atoms. The lowest BCUT2D eigenvalue weighted by Gasteiger charge is -2.05. The van der Waals surface area contributed by atoms with Crippen molar-refractivity contribution in [3.63, 3.8) is 0 Å². The SMILES string of the molecule is COc1cccc2sc(NC(=O)c3cccc(NC(C)=O)c3)nc12. The van der Waals surface area contributed by atoms with Crippen LogP contribution in [0.2, 0.25) is 0 Å². The summed E-state index contributed by atoms with van der Waals surface area (Å²) >= 11 is 1.37. The lowest BCUT2D eigenvalue weighted by molar-refractivity contribution is -0.114. The molecular weight excluding hydrogens is 326 g/mol. The predicted octanol–water partition coefficient (Wildman–Crippen LogP) is 3.52. The van der Waals surface area contributed by atoms with Crippen LogP contribution < -0.4 is 15.4 Å². The third-order valence-corrected chi connectivity index (χ3v) is 4.20. The number of hydrogen-bond donors (Lipinski definition) is 2. The average Bonchev–Trinajstić information content (AvgIpc) is 2.96. The number of carbonyl (C=O) groups is 2. The number of benzene rings is 2. The van der Waals surface area contributed by atoms with Crippen LogP contribution in [0, 0.1) is 0 Å². The van der Waals surface area contributed by atoms with E-state index in [1.165, 1.54) is 18.3 Å². The third kappa shape index (κ3) is 3.36. The van der Waals surface area contributed by atoms with Crippen molar-refractivity contribution in [3.05, 3.63) is 48.0 Å². The van der Waals surface area contributed by atoms with E-state index in [-0.39, 0.29) is 11.8 Å². The first-order chi connectivity index (χ1) is 11.6. The third-order valence-electron chi connectivity index (χ3n) is 3.27. The summed E-state index contributed by atoms with van der Waals surface area (Å²) in [6, 6.07) is 12.3. The molecule has 6 nitrogen and oxygen atoms in total. The maximum atomic E-state index is 12.4. The number of amides is 2. The highest BCUT2D eigenvalue weighted by atomic mass is 32.1. The zero-order chi connectivity index (χ0) is 17.1. The molecule has 0 aliphatic rings. The number of aromatic nitrogens is 1. The number of hydrogen-bond acceptors (Lipinski definition) is 5. The highest BCUT2D eigenvalue weighted by Gasteiger charge is 2.12. The number of carbonyl (C=O) groups excluding carboxylic acids is 2. The molecule has 0 atom stereocenters. The maximum Gasteiger partial charge on any atom is 0.257 e. The normalized spacial score (nSPS) is 10.4. The fraction of sp³-hybridized carbons (Fsp3) is 0.118. The van der Waals surface area contributed by atoms with Crippen molar-refractivity contribution in [2.75, 3.05) is 17.7 Å². The van der Waals surface area contributed by atoms with E-state index < -0.39 is 0 Å². The minimum Gasteiger partial charge on any atom is -0.494 e. The highest BCUT2D eigenvalue weighted by Crippen LogP contribution is 2.32. The Bertz CT molecular complexity index is 920. The van der Waals surface area contributed by atoms with Crippen LogP contribution in [0.1, 0.15) is 17.3 Å². The van der Waals surface area contributed by atoms with E-state index in [1.54, 1.807) is 31.4 Å². The standard InChI is InChI=1S/C17H15N3O3S/c1-10(21)18-12-6-3-5-11(9-12)16(22)20-17-19-15-13(23-2)7-4-8-14(15)24-17/h3-9H,1-2H3,(H,18,21)(H,19,20,22). The monoisotopic (exact) mass is 341 g/mol. The van der Waals surface area contributed by atoms with Crippen molar-refractivity contribution in [1.29, 1.82) is 0 Å². The van der Waals surface area contributed by atoms with Gasteiger partial charge in [0.1, 0.15) is 11.3 Å². The number of anilines is 2. The van der Waals surface area contributed by atoms with Crippen LogP contribution in [0.3, 0.4) is 0 Å². The zero-order valence-electron chi connectivity index (χ0n) is 13.1. The van der Waals surface area contributed by atoms with Crippen LogP contribution >= 0.6 is 11.3 Å². The molecule has 2 aromatic carbocycles. The summed E-state index contributed by atoms with van der Waals surface area (Å²) < 4.78 is 6.20. The second-order valence-electron chi connectivity index (χ2n) is 5.04. The van der Waals surface area contributed by atoms with E-state index in [1.807, 2.05) is 18.2 Å². The largest absolute Gasteiger partial charge is 0.494 e. The fourth-order valence-electron chi connectivity index (χ4n) is 2.25. The Hall–Kier alpha value is -2.93. The van der Waals surface area contributed by atoms with Gasteiger partial charge in [-0.3, -0.25) is 14.9 Å². The van der Waals surface area contributed by atoms with Crippen LogP contribution in [-0.4, -0.2) is 23.9 Å². The number of para-hydroxylation sites is 1. The van der Waals surface area contributed by atoms with Gasteiger partial charge in [-0.2, -0.15) is 0 Å². The Morgan fingerprint density at radius 2 is 1.92 bits per heavy atom. The van der Waals surface area contributed by atoms with Crippen LogP contribution in [0.25, 0.3) is 10.2 Å². The highest BCUT2D eigenvalue weighted by molar-refractivity contribution is 7.22. The first kappa shape index (κ1) is 15.9. The molecule has 0 fully saturated rings. The maximum absolute atomic E-state index is 12.4. The summed E-state index contributed by atoms with van der Waals surface area (Å²) in [5, 5.41) is 5.92. The molecule has 0 aliphatic carbocycles. The second-order valence-corrected chi connectivity index (χ2v) is 6.07. The molecule has 0 radical (unpaired) electrons. The molecule has 1 aromatic heterocycles. The molecule has 3 aromatic rings. The Labute approximate surface area is 142 Å². The minimum absolute atomic E-state index is 0.189. The Morgan fingerprint density at radius 3 is 2.67 bits per heavy atom. The summed E-state index contributed by atoms with van der Waals surface area (Å²) in [5.41, 5.74) is 1.72. The Morgan fingerprint density at radius 1 is 1.12 bits per heavy atom. The van der Waals surface area contributed by atoms with Crippen molar-refractivity contribution in [1.82, 2.24) is 4.98 Å². The summed E-state index contributed by atoms with van der Waals surface area (Å²) in [6.07, 6.45) is 0. The summed E-state index contributed by atoms with van der Waals surface area (Å²) in [5.74, 6) is 0.183. The summed E-state index contributed by atoms with van der Waals surface area (Å²) in [4.78, 5) is 27.9. The van der Waals surface area contributed by atoms with Crippen molar-refractivity contribution in [3.8, 4) is 5.75 Å². The molecule has 0 unspecified atom stereocenters. The number of thiazole rings is 1. The fourth-order valence-corrected chi connectivity index (χ4v) is 3.13. The van der Waals surface area contributed by atoms with Crippen LogP contribution in [0.4, 0.5) is 10.8 Å². The number of nitrogens with zero attached hydrogens (tertiary/aromatic N) is 1.